The van der Waals surface area contributed by atoms with Gasteiger partial charge >= 0.3 is 0 Å². The SMILES string of the molecule is CCCOc1cccc(NC2CCSCC2)c1N. The van der Waals surface area contributed by atoms with Gasteiger partial charge in [-0.3, -0.25) is 0 Å². The summed E-state index contributed by atoms with van der Waals surface area (Å²) in [5.41, 5.74) is 7.90. The number of rotatable bonds is 5. The van der Waals surface area contributed by atoms with E-state index in [1.54, 1.807) is 0 Å². The number of hydrogen-bond donors (Lipinski definition) is 2. The average molecular weight is 266 g/mol. The van der Waals surface area contributed by atoms with Crippen LogP contribution in [0.3, 0.4) is 0 Å². The minimum absolute atomic E-state index is 0.551. The molecule has 1 heterocycles. The zero-order chi connectivity index (χ0) is 12.8. The molecule has 1 saturated heterocycles. The van der Waals surface area contributed by atoms with E-state index in [0.29, 0.717) is 12.6 Å². The topological polar surface area (TPSA) is 47.3 Å². The van der Waals surface area contributed by atoms with E-state index in [1.165, 1.54) is 24.3 Å². The van der Waals surface area contributed by atoms with E-state index in [4.69, 9.17) is 10.5 Å². The van der Waals surface area contributed by atoms with Crippen LogP contribution in [0.1, 0.15) is 26.2 Å². The lowest BCUT2D eigenvalue weighted by Gasteiger charge is -2.24. The lowest BCUT2D eigenvalue weighted by Crippen LogP contribution is -2.25. The predicted molar refractivity (Wildman–Crippen MR) is 80.6 cm³/mol. The third-order valence-corrected chi connectivity index (χ3v) is 4.16. The highest BCUT2D eigenvalue weighted by Gasteiger charge is 2.15. The third-order valence-electron chi connectivity index (χ3n) is 3.11. The fourth-order valence-corrected chi connectivity index (χ4v) is 3.18. The summed E-state index contributed by atoms with van der Waals surface area (Å²) in [6, 6.07) is 6.53. The van der Waals surface area contributed by atoms with Crippen molar-refractivity contribution in [3.05, 3.63) is 18.2 Å². The molecule has 3 N–H and O–H groups in total. The highest BCUT2D eigenvalue weighted by molar-refractivity contribution is 7.99. The first-order valence-corrected chi connectivity index (χ1v) is 7.82. The van der Waals surface area contributed by atoms with E-state index < -0.39 is 0 Å². The third kappa shape index (κ3) is 3.48. The molecule has 3 nitrogen and oxygen atoms in total. The first kappa shape index (κ1) is 13.4. The molecule has 0 unspecified atom stereocenters. The van der Waals surface area contributed by atoms with Gasteiger partial charge in [0.25, 0.3) is 0 Å². The number of nitrogen functional groups attached to an aromatic ring is 1. The zero-order valence-electron chi connectivity index (χ0n) is 10.9. The Morgan fingerprint density at radius 1 is 1.39 bits per heavy atom. The highest BCUT2D eigenvalue weighted by atomic mass is 32.2. The van der Waals surface area contributed by atoms with Crippen LogP contribution < -0.4 is 15.8 Å². The molecule has 4 heteroatoms. The normalized spacial score (nSPS) is 16.5. The van der Waals surface area contributed by atoms with Gasteiger partial charge in [-0.2, -0.15) is 11.8 Å². The predicted octanol–water partition coefficient (Wildman–Crippen LogP) is 3.37. The van der Waals surface area contributed by atoms with E-state index in [9.17, 15) is 0 Å². The molecule has 1 aliphatic heterocycles. The second-order valence-corrected chi connectivity index (χ2v) is 5.82. The van der Waals surface area contributed by atoms with Crippen LogP contribution in [0.15, 0.2) is 18.2 Å². The fraction of sp³-hybridized carbons (Fsp3) is 0.571. The Morgan fingerprint density at radius 2 is 2.17 bits per heavy atom. The van der Waals surface area contributed by atoms with Crippen LogP contribution in [0.25, 0.3) is 0 Å². The van der Waals surface area contributed by atoms with Crippen LogP contribution in [-0.4, -0.2) is 24.2 Å². The van der Waals surface area contributed by atoms with Gasteiger partial charge in [-0.1, -0.05) is 13.0 Å². The van der Waals surface area contributed by atoms with Gasteiger partial charge in [0.05, 0.1) is 18.0 Å². The summed E-state index contributed by atoms with van der Waals surface area (Å²) in [7, 11) is 0. The second kappa shape index (κ2) is 6.78. The number of thioether (sulfide) groups is 1. The van der Waals surface area contributed by atoms with Crippen LogP contribution in [0.5, 0.6) is 5.75 Å². The van der Waals surface area contributed by atoms with Gasteiger partial charge in [0.2, 0.25) is 0 Å². The van der Waals surface area contributed by atoms with Crippen molar-refractivity contribution >= 4 is 23.1 Å². The summed E-state index contributed by atoms with van der Waals surface area (Å²) in [4.78, 5) is 0. The smallest absolute Gasteiger partial charge is 0.144 e. The molecule has 1 aliphatic rings. The highest BCUT2D eigenvalue weighted by Crippen LogP contribution is 2.31. The molecule has 18 heavy (non-hydrogen) atoms. The number of anilines is 2. The Bertz CT molecular complexity index is 378. The first-order valence-electron chi connectivity index (χ1n) is 6.67. The van der Waals surface area contributed by atoms with Gasteiger partial charge < -0.3 is 15.8 Å². The maximum Gasteiger partial charge on any atom is 0.144 e. The molecule has 0 radical (unpaired) electrons. The number of nitrogens with two attached hydrogens (primary N) is 1. The van der Waals surface area contributed by atoms with Gasteiger partial charge in [-0.15, -0.1) is 0 Å². The molecule has 0 amide bonds. The van der Waals surface area contributed by atoms with Crippen LogP contribution in [0, 0.1) is 0 Å². The summed E-state index contributed by atoms with van der Waals surface area (Å²) in [5, 5.41) is 3.55. The number of benzene rings is 1. The Labute approximate surface area is 113 Å². The van der Waals surface area contributed by atoms with E-state index >= 15 is 0 Å². The van der Waals surface area contributed by atoms with Crippen molar-refractivity contribution in [3.8, 4) is 5.75 Å². The molecule has 0 atom stereocenters. The number of nitrogens with one attached hydrogen (secondary N) is 1. The summed E-state index contributed by atoms with van der Waals surface area (Å²) < 4.78 is 5.65. The molecule has 0 spiro atoms. The van der Waals surface area contributed by atoms with Crippen LogP contribution in [0.2, 0.25) is 0 Å². The summed E-state index contributed by atoms with van der Waals surface area (Å²) >= 11 is 2.03. The standard InChI is InChI=1S/C14H22N2OS/c1-2-8-17-13-5-3-4-12(14(13)15)16-11-6-9-18-10-7-11/h3-5,11,16H,2,6-10,15H2,1H3. The van der Waals surface area contributed by atoms with Crippen molar-refractivity contribution in [2.24, 2.45) is 0 Å². The number of hydrogen-bond acceptors (Lipinski definition) is 4. The molecule has 0 saturated carbocycles. The van der Waals surface area contributed by atoms with Crippen molar-refractivity contribution in [3.63, 3.8) is 0 Å². The van der Waals surface area contributed by atoms with Gasteiger partial charge in [-0.25, -0.2) is 0 Å². The molecule has 100 valence electrons. The van der Waals surface area contributed by atoms with Crippen molar-refractivity contribution in [2.75, 3.05) is 29.2 Å². The molecular weight excluding hydrogens is 244 g/mol. The largest absolute Gasteiger partial charge is 0.491 e. The van der Waals surface area contributed by atoms with Gasteiger partial charge in [-0.05, 0) is 42.9 Å². The molecule has 2 rings (SSSR count). The maximum atomic E-state index is 6.15. The van der Waals surface area contributed by atoms with Crippen LogP contribution >= 0.6 is 11.8 Å². The molecule has 0 aromatic heterocycles. The lowest BCUT2D eigenvalue weighted by atomic mass is 10.1. The molecule has 1 aromatic rings. The maximum absolute atomic E-state index is 6.15. The first-order chi connectivity index (χ1) is 8.81. The van der Waals surface area contributed by atoms with Crippen molar-refractivity contribution in [1.82, 2.24) is 0 Å². The lowest BCUT2D eigenvalue weighted by molar-refractivity contribution is 0.319. The van der Waals surface area contributed by atoms with Crippen LogP contribution in [0.4, 0.5) is 11.4 Å². The van der Waals surface area contributed by atoms with Crippen molar-refractivity contribution in [1.29, 1.82) is 0 Å². The Morgan fingerprint density at radius 3 is 2.89 bits per heavy atom. The van der Waals surface area contributed by atoms with E-state index in [-0.39, 0.29) is 0 Å². The fourth-order valence-electron chi connectivity index (χ4n) is 2.07. The Kier molecular flexibility index (Phi) is 5.05. The average Bonchev–Trinajstić information content (AvgIpc) is 2.41. The van der Waals surface area contributed by atoms with Gasteiger partial charge in [0.15, 0.2) is 0 Å². The number of ether oxygens (including phenoxy) is 1. The minimum Gasteiger partial charge on any atom is -0.491 e. The van der Waals surface area contributed by atoms with Crippen LogP contribution in [-0.2, 0) is 0 Å². The molecule has 1 fully saturated rings. The van der Waals surface area contributed by atoms with Crippen molar-refractivity contribution in [2.45, 2.75) is 32.2 Å². The van der Waals surface area contributed by atoms with Gasteiger partial charge in [0, 0.05) is 6.04 Å². The quantitative estimate of drug-likeness (QED) is 0.802. The molecular formula is C14H22N2OS. The van der Waals surface area contributed by atoms with Crippen molar-refractivity contribution < 1.29 is 4.74 Å². The van der Waals surface area contributed by atoms with E-state index in [0.717, 1.165) is 23.5 Å². The minimum atomic E-state index is 0.551. The Hall–Kier alpha value is -1.03. The monoisotopic (exact) mass is 266 g/mol. The second-order valence-electron chi connectivity index (χ2n) is 4.60. The molecule has 1 aromatic carbocycles. The summed E-state index contributed by atoms with van der Waals surface area (Å²) in [6.07, 6.45) is 3.42. The summed E-state index contributed by atoms with van der Waals surface area (Å²) in [5.74, 6) is 3.28. The van der Waals surface area contributed by atoms with E-state index in [2.05, 4.69) is 12.2 Å². The zero-order valence-corrected chi connectivity index (χ0v) is 11.8. The number of para-hydroxylation sites is 1. The molecule has 0 bridgehead atoms. The van der Waals surface area contributed by atoms with Gasteiger partial charge in [0.1, 0.15) is 5.75 Å². The van der Waals surface area contributed by atoms with E-state index in [1.807, 2.05) is 30.0 Å². The Balaban J connectivity index is 2.02. The molecule has 0 aliphatic carbocycles. The summed E-state index contributed by atoms with van der Waals surface area (Å²) in [6.45, 7) is 2.81.